The number of hydrogen-bond donors (Lipinski definition) is 1. The number of rotatable bonds is 5. The number of hydrogen-bond acceptors (Lipinski definition) is 3. The second kappa shape index (κ2) is 6.61. The van der Waals surface area contributed by atoms with Gasteiger partial charge in [0.15, 0.2) is 0 Å². The van der Waals surface area contributed by atoms with E-state index >= 15 is 0 Å². The molecule has 0 spiro atoms. The summed E-state index contributed by atoms with van der Waals surface area (Å²) in [6.45, 7) is 6.06. The molecule has 0 aliphatic heterocycles. The van der Waals surface area contributed by atoms with Gasteiger partial charge in [-0.1, -0.05) is 18.2 Å². The zero-order chi connectivity index (χ0) is 15.5. The van der Waals surface area contributed by atoms with Crippen molar-refractivity contribution < 1.29 is 9.53 Å². The van der Waals surface area contributed by atoms with Crippen LogP contribution >= 0.6 is 0 Å². The standard InChI is InChI=1S/C18H27NO2/c1-4-21-17(20)18(2,3)12-16(19)15-10-9-13-7-5-6-8-14(13)11-15/h9-11,16H,4-8,12,19H2,1-3H3. The number of fused-ring (bicyclic) bond motifs is 1. The zero-order valence-corrected chi connectivity index (χ0v) is 13.4. The lowest BCUT2D eigenvalue weighted by Gasteiger charge is -2.27. The molecule has 0 fully saturated rings. The fourth-order valence-electron chi connectivity index (χ4n) is 3.06. The average molecular weight is 289 g/mol. The van der Waals surface area contributed by atoms with Gasteiger partial charge in [-0.25, -0.2) is 0 Å². The Hall–Kier alpha value is -1.35. The SMILES string of the molecule is CCOC(=O)C(C)(C)CC(N)c1ccc2c(c1)CCCC2. The van der Waals surface area contributed by atoms with Crippen LogP contribution in [0, 0.1) is 5.41 Å². The third-order valence-electron chi connectivity index (χ3n) is 4.36. The maximum atomic E-state index is 12.0. The highest BCUT2D eigenvalue weighted by atomic mass is 16.5. The molecule has 1 aromatic carbocycles. The van der Waals surface area contributed by atoms with Gasteiger partial charge in [-0.2, -0.15) is 0 Å². The second-order valence-electron chi connectivity index (χ2n) is 6.65. The predicted octanol–water partition coefficient (Wildman–Crippen LogP) is 3.54. The number of carbonyl (C=O) groups is 1. The number of esters is 1. The van der Waals surface area contributed by atoms with E-state index in [-0.39, 0.29) is 12.0 Å². The summed E-state index contributed by atoms with van der Waals surface area (Å²) in [5.74, 6) is -0.168. The zero-order valence-electron chi connectivity index (χ0n) is 13.4. The summed E-state index contributed by atoms with van der Waals surface area (Å²) in [4.78, 5) is 12.0. The van der Waals surface area contributed by atoms with Crippen LogP contribution in [0.25, 0.3) is 0 Å². The third-order valence-corrected chi connectivity index (χ3v) is 4.36. The normalized spacial score (nSPS) is 16.2. The molecule has 116 valence electrons. The Morgan fingerprint density at radius 1 is 1.29 bits per heavy atom. The molecule has 2 N–H and O–H groups in total. The van der Waals surface area contributed by atoms with Crippen molar-refractivity contribution in [1.29, 1.82) is 0 Å². The van der Waals surface area contributed by atoms with Crippen LogP contribution in [0.1, 0.15) is 62.8 Å². The fourth-order valence-corrected chi connectivity index (χ4v) is 3.06. The third kappa shape index (κ3) is 3.85. The first-order chi connectivity index (χ1) is 9.94. The summed E-state index contributed by atoms with van der Waals surface area (Å²) in [6, 6.07) is 6.44. The first-order valence-corrected chi connectivity index (χ1v) is 7.98. The molecule has 3 heteroatoms. The van der Waals surface area contributed by atoms with Crippen LogP contribution in [0.4, 0.5) is 0 Å². The first-order valence-electron chi connectivity index (χ1n) is 7.98. The van der Waals surface area contributed by atoms with Crippen LogP contribution in [-0.2, 0) is 22.4 Å². The lowest BCUT2D eigenvalue weighted by atomic mass is 9.82. The molecule has 0 saturated carbocycles. The van der Waals surface area contributed by atoms with Crippen molar-refractivity contribution in [3.63, 3.8) is 0 Å². The molecule has 0 saturated heterocycles. The average Bonchev–Trinajstić information content (AvgIpc) is 2.46. The van der Waals surface area contributed by atoms with Crippen molar-refractivity contribution in [2.75, 3.05) is 6.61 Å². The van der Waals surface area contributed by atoms with Crippen LogP contribution in [0.2, 0.25) is 0 Å². The monoisotopic (exact) mass is 289 g/mol. The molecule has 1 aliphatic carbocycles. The molecular weight excluding hydrogens is 262 g/mol. The highest BCUT2D eigenvalue weighted by Gasteiger charge is 2.31. The largest absolute Gasteiger partial charge is 0.466 e. The highest BCUT2D eigenvalue weighted by Crippen LogP contribution is 2.32. The van der Waals surface area contributed by atoms with Gasteiger partial charge in [0.25, 0.3) is 0 Å². The molecule has 2 rings (SSSR count). The van der Waals surface area contributed by atoms with Crippen molar-refractivity contribution in [2.45, 2.75) is 58.9 Å². The number of ether oxygens (including phenoxy) is 1. The topological polar surface area (TPSA) is 52.3 Å². The molecule has 3 nitrogen and oxygen atoms in total. The Morgan fingerprint density at radius 3 is 2.62 bits per heavy atom. The minimum atomic E-state index is -0.550. The van der Waals surface area contributed by atoms with Crippen molar-refractivity contribution >= 4 is 5.97 Å². The molecule has 0 bridgehead atoms. The summed E-state index contributed by atoms with van der Waals surface area (Å²) in [5.41, 5.74) is 9.82. The Morgan fingerprint density at radius 2 is 1.95 bits per heavy atom. The van der Waals surface area contributed by atoms with E-state index in [1.807, 2.05) is 20.8 Å². The molecule has 0 radical (unpaired) electrons. The number of benzene rings is 1. The predicted molar refractivity (Wildman–Crippen MR) is 85.0 cm³/mol. The van der Waals surface area contributed by atoms with Crippen LogP contribution < -0.4 is 5.73 Å². The van der Waals surface area contributed by atoms with Gasteiger partial charge >= 0.3 is 5.97 Å². The minimum Gasteiger partial charge on any atom is -0.466 e. The second-order valence-corrected chi connectivity index (χ2v) is 6.65. The van der Waals surface area contributed by atoms with Crippen molar-refractivity contribution in [3.05, 3.63) is 34.9 Å². The molecule has 0 amide bonds. The van der Waals surface area contributed by atoms with Gasteiger partial charge in [0.2, 0.25) is 0 Å². The van der Waals surface area contributed by atoms with E-state index in [2.05, 4.69) is 18.2 Å². The first kappa shape index (κ1) is 16.0. The van der Waals surface area contributed by atoms with Gasteiger partial charge < -0.3 is 10.5 Å². The fraction of sp³-hybridized carbons (Fsp3) is 0.611. The van der Waals surface area contributed by atoms with Crippen LogP contribution in [0.3, 0.4) is 0 Å². The van der Waals surface area contributed by atoms with E-state index in [4.69, 9.17) is 10.5 Å². The van der Waals surface area contributed by atoms with Crippen molar-refractivity contribution in [1.82, 2.24) is 0 Å². The minimum absolute atomic E-state index is 0.128. The van der Waals surface area contributed by atoms with Crippen LogP contribution in [0.15, 0.2) is 18.2 Å². The Bertz CT molecular complexity index is 508. The van der Waals surface area contributed by atoms with Gasteiger partial charge in [0, 0.05) is 6.04 Å². The van der Waals surface area contributed by atoms with Gasteiger partial charge in [0.05, 0.1) is 12.0 Å². The summed E-state index contributed by atoms with van der Waals surface area (Å²) < 4.78 is 5.14. The number of carbonyl (C=O) groups excluding carboxylic acids is 1. The molecule has 1 unspecified atom stereocenters. The molecular formula is C18H27NO2. The van der Waals surface area contributed by atoms with E-state index in [0.29, 0.717) is 13.0 Å². The van der Waals surface area contributed by atoms with E-state index in [9.17, 15) is 4.79 Å². The summed E-state index contributed by atoms with van der Waals surface area (Å²) >= 11 is 0. The Kier molecular flexibility index (Phi) is 5.04. The number of aryl methyl sites for hydroxylation is 2. The maximum absolute atomic E-state index is 12.0. The van der Waals surface area contributed by atoms with Gasteiger partial charge in [-0.15, -0.1) is 0 Å². The van der Waals surface area contributed by atoms with Crippen LogP contribution in [0.5, 0.6) is 0 Å². The van der Waals surface area contributed by atoms with Gasteiger partial charge in [0.1, 0.15) is 0 Å². The van der Waals surface area contributed by atoms with Crippen molar-refractivity contribution in [2.24, 2.45) is 11.1 Å². The molecule has 1 aromatic rings. The number of nitrogens with two attached hydrogens (primary N) is 1. The van der Waals surface area contributed by atoms with Crippen molar-refractivity contribution in [3.8, 4) is 0 Å². The van der Waals surface area contributed by atoms with E-state index in [0.717, 1.165) is 12.0 Å². The molecule has 0 aromatic heterocycles. The summed E-state index contributed by atoms with van der Waals surface area (Å²) in [5, 5.41) is 0. The molecule has 1 atom stereocenters. The van der Waals surface area contributed by atoms with E-state index in [1.54, 1.807) is 0 Å². The molecule has 0 heterocycles. The lowest BCUT2D eigenvalue weighted by molar-refractivity contribution is -0.154. The van der Waals surface area contributed by atoms with Gasteiger partial charge in [-0.3, -0.25) is 4.79 Å². The van der Waals surface area contributed by atoms with Gasteiger partial charge in [-0.05, 0) is 69.6 Å². The van der Waals surface area contributed by atoms with E-state index < -0.39 is 5.41 Å². The summed E-state index contributed by atoms with van der Waals surface area (Å²) in [6.07, 6.45) is 5.48. The molecule has 1 aliphatic rings. The highest BCUT2D eigenvalue weighted by molar-refractivity contribution is 5.76. The lowest BCUT2D eigenvalue weighted by Crippen LogP contribution is -2.31. The maximum Gasteiger partial charge on any atom is 0.311 e. The Balaban J connectivity index is 2.09. The molecule has 21 heavy (non-hydrogen) atoms. The quantitative estimate of drug-likeness (QED) is 0.843. The van der Waals surface area contributed by atoms with Crippen LogP contribution in [-0.4, -0.2) is 12.6 Å². The van der Waals surface area contributed by atoms with E-state index in [1.165, 1.54) is 30.4 Å². The Labute approximate surface area is 127 Å². The smallest absolute Gasteiger partial charge is 0.311 e. The summed E-state index contributed by atoms with van der Waals surface area (Å²) in [7, 11) is 0.